The molecule has 0 amide bonds. The number of halogens is 1. The van der Waals surface area contributed by atoms with Crippen LogP contribution >= 0.6 is 24.0 Å². The summed E-state index contributed by atoms with van der Waals surface area (Å²) >= 11 is 0. The zero-order chi connectivity index (χ0) is 17.2. The van der Waals surface area contributed by atoms with Crippen molar-refractivity contribution in [3.05, 3.63) is 0 Å². The van der Waals surface area contributed by atoms with Crippen molar-refractivity contribution < 1.29 is 9.84 Å². The minimum Gasteiger partial charge on any atom is -0.396 e. The maximum Gasteiger partial charge on any atom is 0.191 e. The Morgan fingerprint density at radius 1 is 1.25 bits per heavy atom. The molecular weight excluding hydrogens is 417 g/mol. The molecule has 1 rings (SSSR count). The first-order chi connectivity index (χ1) is 10.9. The number of aliphatic imine (C=N–C) groups is 1. The first kappa shape index (κ1) is 23.9. The van der Waals surface area contributed by atoms with E-state index in [0.29, 0.717) is 18.6 Å². The number of aliphatic hydroxyl groups is 1. The third-order valence-electron chi connectivity index (χ3n) is 4.39. The molecule has 0 aromatic carbocycles. The lowest BCUT2D eigenvalue weighted by atomic mass is 9.84. The Morgan fingerprint density at radius 2 is 2.00 bits per heavy atom. The van der Waals surface area contributed by atoms with E-state index in [9.17, 15) is 5.11 Å². The Kier molecular flexibility index (Phi) is 12.3. The lowest BCUT2D eigenvalue weighted by Crippen LogP contribution is -2.39. The molecule has 1 unspecified atom stereocenters. The number of unbranched alkanes of at least 4 members (excludes halogenated alkanes) is 1. The minimum absolute atomic E-state index is 0. The Labute approximate surface area is 165 Å². The molecule has 0 bridgehead atoms. The number of rotatable bonds is 9. The molecule has 0 aliphatic carbocycles. The molecule has 1 fully saturated rings. The topological polar surface area (TPSA) is 65.9 Å². The van der Waals surface area contributed by atoms with Crippen molar-refractivity contribution in [1.29, 1.82) is 0 Å². The quantitative estimate of drug-likeness (QED) is 0.216. The van der Waals surface area contributed by atoms with Crippen molar-refractivity contribution in [2.24, 2.45) is 15.8 Å². The van der Waals surface area contributed by atoms with Crippen LogP contribution in [0.3, 0.4) is 0 Å². The fourth-order valence-electron chi connectivity index (χ4n) is 2.86. The Hall–Kier alpha value is -0.0800. The number of aliphatic hydroxyl groups excluding tert-OH is 1. The summed E-state index contributed by atoms with van der Waals surface area (Å²) < 4.78 is 5.53. The second-order valence-electron chi connectivity index (χ2n) is 7.92. The predicted molar refractivity (Wildman–Crippen MR) is 112 cm³/mol. The van der Waals surface area contributed by atoms with E-state index >= 15 is 0 Å². The molecule has 24 heavy (non-hydrogen) atoms. The molecular formula is C18H38IN3O2. The van der Waals surface area contributed by atoms with Gasteiger partial charge in [-0.2, -0.15) is 0 Å². The van der Waals surface area contributed by atoms with E-state index in [2.05, 4.69) is 38.3 Å². The first-order valence-corrected chi connectivity index (χ1v) is 9.12. The molecule has 0 saturated carbocycles. The highest BCUT2D eigenvalue weighted by molar-refractivity contribution is 14.0. The second-order valence-corrected chi connectivity index (χ2v) is 7.92. The van der Waals surface area contributed by atoms with Gasteiger partial charge < -0.3 is 20.5 Å². The van der Waals surface area contributed by atoms with Crippen molar-refractivity contribution in [1.82, 2.24) is 10.6 Å². The molecule has 0 aromatic heterocycles. The molecule has 0 aromatic rings. The highest BCUT2D eigenvalue weighted by atomic mass is 127. The van der Waals surface area contributed by atoms with Crippen LogP contribution in [0.5, 0.6) is 0 Å². The van der Waals surface area contributed by atoms with Crippen LogP contribution in [0.1, 0.15) is 59.8 Å². The Bertz CT molecular complexity index is 351. The monoisotopic (exact) mass is 455 g/mol. The van der Waals surface area contributed by atoms with E-state index in [-0.39, 0.29) is 36.0 Å². The number of nitrogens with one attached hydrogen (secondary N) is 2. The van der Waals surface area contributed by atoms with Crippen LogP contribution in [-0.2, 0) is 4.74 Å². The predicted octanol–water partition coefficient (Wildman–Crippen LogP) is 3.17. The second kappa shape index (κ2) is 12.3. The van der Waals surface area contributed by atoms with E-state index < -0.39 is 0 Å². The van der Waals surface area contributed by atoms with Gasteiger partial charge in [0.05, 0.1) is 13.2 Å². The lowest BCUT2D eigenvalue weighted by Gasteiger charge is -2.25. The van der Waals surface area contributed by atoms with Crippen molar-refractivity contribution >= 4 is 29.9 Å². The van der Waals surface area contributed by atoms with Gasteiger partial charge in [-0.05, 0) is 38.0 Å². The molecule has 5 nitrogen and oxygen atoms in total. The standard InChI is InChI=1S/C18H37N3O2.HI/c1-5-19-16(20-11-7-6-8-17(2,3)4)21-14-18(9-12-22)10-13-23-15-18;/h22H,5-15H2,1-4H3,(H2,19,20,21);1H. The highest BCUT2D eigenvalue weighted by Gasteiger charge is 2.34. The van der Waals surface area contributed by atoms with E-state index in [1.807, 2.05) is 0 Å². The van der Waals surface area contributed by atoms with Gasteiger partial charge in [0.15, 0.2) is 5.96 Å². The van der Waals surface area contributed by atoms with Gasteiger partial charge >= 0.3 is 0 Å². The van der Waals surface area contributed by atoms with Crippen LogP contribution in [0, 0.1) is 10.8 Å². The molecule has 1 atom stereocenters. The number of hydrogen-bond acceptors (Lipinski definition) is 3. The van der Waals surface area contributed by atoms with Crippen LogP contribution in [0.25, 0.3) is 0 Å². The number of hydrogen-bond donors (Lipinski definition) is 3. The van der Waals surface area contributed by atoms with Crippen molar-refractivity contribution in [3.8, 4) is 0 Å². The number of ether oxygens (including phenoxy) is 1. The third-order valence-corrected chi connectivity index (χ3v) is 4.39. The average molecular weight is 455 g/mol. The normalized spacial score (nSPS) is 21.5. The van der Waals surface area contributed by atoms with Gasteiger partial charge in [-0.1, -0.05) is 27.2 Å². The molecule has 144 valence electrons. The van der Waals surface area contributed by atoms with Gasteiger partial charge in [-0.25, -0.2) is 0 Å². The maximum atomic E-state index is 9.29. The molecule has 1 aliphatic rings. The highest BCUT2D eigenvalue weighted by Crippen LogP contribution is 2.32. The number of guanidine groups is 1. The largest absolute Gasteiger partial charge is 0.396 e. The fourth-order valence-corrected chi connectivity index (χ4v) is 2.86. The fraction of sp³-hybridized carbons (Fsp3) is 0.944. The Balaban J connectivity index is 0.00000529. The lowest BCUT2D eigenvalue weighted by molar-refractivity contribution is 0.131. The zero-order valence-electron chi connectivity index (χ0n) is 16.0. The van der Waals surface area contributed by atoms with E-state index in [4.69, 9.17) is 9.73 Å². The summed E-state index contributed by atoms with van der Waals surface area (Å²) in [5.74, 6) is 0.882. The van der Waals surface area contributed by atoms with Crippen LogP contribution in [0.2, 0.25) is 0 Å². The molecule has 1 heterocycles. The molecule has 1 aliphatic heterocycles. The van der Waals surface area contributed by atoms with Crippen LogP contribution in [0.15, 0.2) is 4.99 Å². The summed E-state index contributed by atoms with van der Waals surface area (Å²) in [5.41, 5.74) is 0.432. The van der Waals surface area contributed by atoms with Crippen LogP contribution < -0.4 is 10.6 Å². The Morgan fingerprint density at radius 3 is 2.54 bits per heavy atom. The maximum absolute atomic E-state index is 9.29. The molecule has 1 saturated heterocycles. The van der Waals surface area contributed by atoms with Gasteiger partial charge in [0.1, 0.15) is 0 Å². The number of nitrogens with zero attached hydrogens (tertiary/aromatic N) is 1. The SMILES string of the molecule is CCNC(=NCC1(CCO)CCOC1)NCCCCC(C)(C)C.I. The summed E-state index contributed by atoms with van der Waals surface area (Å²) in [6.45, 7) is 13.2. The van der Waals surface area contributed by atoms with E-state index in [1.165, 1.54) is 12.8 Å². The van der Waals surface area contributed by atoms with Crippen molar-refractivity contribution in [2.75, 3.05) is 39.5 Å². The smallest absolute Gasteiger partial charge is 0.191 e. The van der Waals surface area contributed by atoms with Crippen LogP contribution in [-0.4, -0.2) is 50.5 Å². The van der Waals surface area contributed by atoms with E-state index in [0.717, 1.165) is 44.9 Å². The van der Waals surface area contributed by atoms with Gasteiger partial charge in [-0.15, -0.1) is 24.0 Å². The molecule has 3 N–H and O–H groups in total. The summed E-state index contributed by atoms with van der Waals surface area (Å²) in [6.07, 6.45) is 5.40. The summed E-state index contributed by atoms with van der Waals surface area (Å²) in [7, 11) is 0. The average Bonchev–Trinajstić information content (AvgIpc) is 2.92. The zero-order valence-corrected chi connectivity index (χ0v) is 18.3. The summed E-state index contributed by atoms with van der Waals surface area (Å²) in [4.78, 5) is 4.74. The minimum atomic E-state index is 0. The summed E-state index contributed by atoms with van der Waals surface area (Å²) in [6, 6.07) is 0. The first-order valence-electron chi connectivity index (χ1n) is 9.12. The van der Waals surface area contributed by atoms with Gasteiger partial charge in [0.2, 0.25) is 0 Å². The van der Waals surface area contributed by atoms with Gasteiger partial charge in [-0.3, -0.25) is 4.99 Å². The van der Waals surface area contributed by atoms with Gasteiger partial charge in [0, 0.05) is 31.7 Å². The van der Waals surface area contributed by atoms with E-state index in [1.54, 1.807) is 0 Å². The van der Waals surface area contributed by atoms with Crippen molar-refractivity contribution in [3.63, 3.8) is 0 Å². The van der Waals surface area contributed by atoms with Gasteiger partial charge in [0.25, 0.3) is 0 Å². The molecule has 0 radical (unpaired) electrons. The third kappa shape index (κ3) is 10.0. The van der Waals surface area contributed by atoms with Crippen molar-refractivity contribution in [2.45, 2.75) is 59.8 Å². The summed E-state index contributed by atoms with van der Waals surface area (Å²) in [5, 5.41) is 16.0. The van der Waals surface area contributed by atoms with Crippen LogP contribution in [0.4, 0.5) is 0 Å². The molecule has 6 heteroatoms. The molecule has 0 spiro atoms.